The van der Waals surface area contributed by atoms with E-state index in [2.05, 4.69) is 51.5 Å². The molecule has 0 amide bonds. The first-order valence-corrected chi connectivity index (χ1v) is 9.42. The molecular weight excluding hydrogens is 338 g/mol. The molecule has 1 aliphatic heterocycles. The first-order valence-electron chi connectivity index (χ1n) is 9.42. The molecule has 3 aromatic rings. The van der Waals surface area contributed by atoms with Crippen molar-refractivity contribution < 1.29 is 9.47 Å². The van der Waals surface area contributed by atoms with Gasteiger partial charge in [0, 0.05) is 42.9 Å². The summed E-state index contributed by atoms with van der Waals surface area (Å²) in [4.78, 5) is 2.47. The van der Waals surface area contributed by atoms with Crippen LogP contribution in [0.5, 0.6) is 11.5 Å². The van der Waals surface area contributed by atoms with Gasteiger partial charge in [-0.3, -0.25) is 10.00 Å². The summed E-state index contributed by atoms with van der Waals surface area (Å²) in [6.45, 7) is 5.47. The maximum atomic E-state index is 5.63. The van der Waals surface area contributed by atoms with Crippen molar-refractivity contribution >= 4 is 0 Å². The number of benzene rings is 2. The molecule has 5 heteroatoms. The molecule has 2 heterocycles. The lowest BCUT2D eigenvalue weighted by molar-refractivity contribution is 0.245. The van der Waals surface area contributed by atoms with Gasteiger partial charge in [-0.2, -0.15) is 5.10 Å². The van der Waals surface area contributed by atoms with Crippen molar-refractivity contribution in [3.8, 4) is 22.8 Å². The molecule has 27 heavy (non-hydrogen) atoms. The Labute approximate surface area is 159 Å². The van der Waals surface area contributed by atoms with Gasteiger partial charge in [0.05, 0.1) is 19.4 Å². The summed E-state index contributed by atoms with van der Waals surface area (Å²) in [5.41, 5.74) is 5.91. The van der Waals surface area contributed by atoms with Gasteiger partial charge in [-0.15, -0.1) is 0 Å². The molecule has 0 saturated heterocycles. The van der Waals surface area contributed by atoms with E-state index in [-0.39, 0.29) is 0 Å². The molecule has 0 saturated carbocycles. The van der Waals surface area contributed by atoms with Crippen molar-refractivity contribution in [2.24, 2.45) is 0 Å². The first-order chi connectivity index (χ1) is 13.3. The molecule has 0 fully saturated rings. The number of methoxy groups -OCH3 is 1. The molecule has 0 aliphatic carbocycles. The summed E-state index contributed by atoms with van der Waals surface area (Å²) in [7, 11) is 1.67. The maximum Gasteiger partial charge on any atom is 0.161 e. The SMILES string of the molecule is CCOc1ccc(-c2n[nH]c3c2CN(Cc2ccccc2)CC3)cc1OC. The number of hydrogen-bond acceptors (Lipinski definition) is 4. The number of nitrogens with one attached hydrogen (secondary N) is 1. The van der Waals surface area contributed by atoms with Crippen LogP contribution in [0.15, 0.2) is 48.5 Å². The molecule has 2 aromatic carbocycles. The minimum Gasteiger partial charge on any atom is -0.493 e. The highest BCUT2D eigenvalue weighted by Gasteiger charge is 2.23. The molecule has 1 aromatic heterocycles. The van der Waals surface area contributed by atoms with E-state index < -0.39 is 0 Å². The Kier molecular flexibility index (Phi) is 5.12. The topological polar surface area (TPSA) is 50.4 Å². The molecule has 1 aliphatic rings. The molecular formula is C22H25N3O2. The summed E-state index contributed by atoms with van der Waals surface area (Å²) >= 11 is 0. The predicted molar refractivity (Wildman–Crippen MR) is 106 cm³/mol. The van der Waals surface area contributed by atoms with Crippen molar-refractivity contribution in [2.75, 3.05) is 20.3 Å². The summed E-state index contributed by atoms with van der Waals surface area (Å²) < 4.78 is 11.1. The fraction of sp³-hybridized carbons (Fsp3) is 0.318. The number of fused-ring (bicyclic) bond motifs is 1. The zero-order valence-corrected chi connectivity index (χ0v) is 15.9. The molecule has 0 atom stereocenters. The van der Waals surface area contributed by atoms with Crippen LogP contribution in [0, 0.1) is 0 Å². The lowest BCUT2D eigenvalue weighted by atomic mass is 10.00. The van der Waals surface area contributed by atoms with Gasteiger partial charge in [0.2, 0.25) is 0 Å². The average Bonchev–Trinajstić information content (AvgIpc) is 3.12. The van der Waals surface area contributed by atoms with Gasteiger partial charge in [0.25, 0.3) is 0 Å². The zero-order valence-electron chi connectivity index (χ0n) is 15.9. The van der Waals surface area contributed by atoms with E-state index in [1.165, 1.54) is 16.8 Å². The van der Waals surface area contributed by atoms with Crippen LogP contribution >= 0.6 is 0 Å². The fourth-order valence-electron chi connectivity index (χ4n) is 3.66. The number of aromatic amines is 1. The van der Waals surface area contributed by atoms with Crippen LogP contribution in [0.1, 0.15) is 23.7 Å². The van der Waals surface area contributed by atoms with E-state index >= 15 is 0 Å². The Balaban J connectivity index is 1.59. The standard InChI is InChI=1S/C22H25N3O2/c1-3-27-20-10-9-17(13-21(20)26-2)22-18-15-25(12-11-19(18)23-24-22)14-16-7-5-4-6-8-16/h4-10,13H,3,11-12,14-15H2,1-2H3,(H,23,24). The summed E-state index contributed by atoms with van der Waals surface area (Å²) in [6, 6.07) is 16.7. The molecule has 0 unspecified atom stereocenters. The summed E-state index contributed by atoms with van der Waals surface area (Å²) in [6.07, 6.45) is 0.989. The van der Waals surface area contributed by atoms with Gasteiger partial charge in [-0.05, 0) is 30.7 Å². The average molecular weight is 363 g/mol. The summed E-state index contributed by atoms with van der Waals surface area (Å²) in [5, 5.41) is 7.85. The van der Waals surface area contributed by atoms with Gasteiger partial charge in [0.1, 0.15) is 0 Å². The van der Waals surface area contributed by atoms with E-state index in [1.807, 2.05) is 19.1 Å². The van der Waals surface area contributed by atoms with Gasteiger partial charge in [-0.1, -0.05) is 30.3 Å². The van der Waals surface area contributed by atoms with Crippen LogP contribution in [0.25, 0.3) is 11.3 Å². The van der Waals surface area contributed by atoms with E-state index in [0.29, 0.717) is 6.61 Å². The fourth-order valence-corrected chi connectivity index (χ4v) is 3.66. The Morgan fingerprint density at radius 1 is 1.11 bits per heavy atom. The second kappa shape index (κ2) is 7.84. The molecule has 0 bridgehead atoms. The molecule has 4 rings (SSSR count). The largest absolute Gasteiger partial charge is 0.493 e. The Hall–Kier alpha value is -2.79. The third-order valence-electron chi connectivity index (χ3n) is 5.00. The van der Waals surface area contributed by atoms with E-state index in [9.17, 15) is 0 Å². The highest BCUT2D eigenvalue weighted by Crippen LogP contribution is 2.35. The Morgan fingerprint density at radius 3 is 2.74 bits per heavy atom. The van der Waals surface area contributed by atoms with Crippen molar-refractivity contribution in [3.63, 3.8) is 0 Å². The second-order valence-corrected chi connectivity index (χ2v) is 6.77. The predicted octanol–water partition coefficient (Wildman–Crippen LogP) is 4.04. The van der Waals surface area contributed by atoms with Crippen LogP contribution in [0.3, 0.4) is 0 Å². The van der Waals surface area contributed by atoms with Crippen LogP contribution in [0.4, 0.5) is 0 Å². The Bertz CT molecular complexity index is 905. The van der Waals surface area contributed by atoms with Crippen LogP contribution in [-0.2, 0) is 19.5 Å². The number of hydrogen-bond donors (Lipinski definition) is 1. The minimum atomic E-state index is 0.613. The normalized spacial score (nSPS) is 14.0. The molecule has 0 radical (unpaired) electrons. The zero-order chi connectivity index (χ0) is 18.6. The minimum absolute atomic E-state index is 0.613. The molecule has 140 valence electrons. The van der Waals surface area contributed by atoms with Gasteiger partial charge in [-0.25, -0.2) is 0 Å². The third kappa shape index (κ3) is 3.69. The first kappa shape index (κ1) is 17.6. The number of aromatic nitrogens is 2. The lowest BCUT2D eigenvalue weighted by Crippen LogP contribution is -2.29. The molecule has 1 N–H and O–H groups in total. The number of H-pyrrole nitrogens is 1. The quantitative estimate of drug-likeness (QED) is 0.718. The highest BCUT2D eigenvalue weighted by molar-refractivity contribution is 5.68. The van der Waals surface area contributed by atoms with Crippen molar-refractivity contribution in [3.05, 3.63) is 65.4 Å². The smallest absolute Gasteiger partial charge is 0.161 e. The van der Waals surface area contributed by atoms with Crippen molar-refractivity contribution in [2.45, 2.75) is 26.4 Å². The van der Waals surface area contributed by atoms with Gasteiger partial charge in [0.15, 0.2) is 11.5 Å². The molecule has 5 nitrogen and oxygen atoms in total. The van der Waals surface area contributed by atoms with Crippen LogP contribution < -0.4 is 9.47 Å². The van der Waals surface area contributed by atoms with Gasteiger partial charge < -0.3 is 9.47 Å². The van der Waals surface area contributed by atoms with Crippen molar-refractivity contribution in [1.29, 1.82) is 0 Å². The number of rotatable bonds is 6. The van der Waals surface area contributed by atoms with Crippen LogP contribution in [-0.4, -0.2) is 35.4 Å². The monoisotopic (exact) mass is 363 g/mol. The molecule has 0 spiro atoms. The number of ether oxygens (including phenoxy) is 2. The maximum absolute atomic E-state index is 5.63. The third-order valence-corrected chi connectivity index (χ3v) is 5.00. The van der Waals surface area contributed by atoms with Crippen molar-refractivity contribution in [1.82, 2.24) is 15.1 Å². The van der Waals surface area contributed by atoms with E-state index in [1.54, 1.807) is 7.11 Å². The summed E-state index contributed by atoms with van der Waals surface area (Å²) in [5.74, 6) is 1.50. The van der Waals surface area contributed by atoms with E-state index in [0.717, 1.165) is 48.8 Å². The lowest BCUT2D eigenvalue weighted by Gasteiger charge is -2.27. The number of nitrogens with zero attached hydrogens (tertiary/aromatic N) is 2. The second-order valence-electron chi connectivity index (χ2n) is 6.77. The van der Waals surface area contributed by atoms with E-state index in [4.69, 9.17) is 9.47 Å². The Morgan fingerprint density at radius 2 is 1.96 bits per heavy atom. The van der Waals surface area contributed by atoms with Gasteiger partial charge >= 0.3 is 0 Å². The van der Waals surface area contributed by atoms with Crippen LogP contribution in [0.2, 0.25) is 0 Å². The highest BCUT2D eigenvalue weighted by atomic mass is 16.5.